The lowest BCUT2D eigenvalue weighted by molar-refractivity contribution is 0.368. The van der Waals surface area contributed by atoms with Crippen LogP contribution in [0, 0.1) is 0 Å². The number of halogens is 1. The van der Waals surface area contributed by atoms with Crippen molar-refractivity contribution >= 4 is 40.8 Å². The van der Waals surface area contributed by atoms with Gasteiger partial charge in [-0.1, -0.05) is 37.2 Å². The number of aliphatic imine (C=N–C) groups is 1. The lowest BCUT2D eigenvalue weighted by Crippen LogP contribution is -2.38. The molecule has 158 valence electrons. The standard InChI is InChI=1S/C21H30N6O.HI/c1-16(2)20-25-19(28-26-20)10-6-12-23-21(22-3)24-13-7-14-27-15-11-17-8-4-5-9-18(17)27;/h4-5,8-9,11,15-16H,6-7,10,12-14H2,1-3H3,(H2,22,23,24);1H. The van der Waals surface area contributed by atoms with Crippen LogP contribution in [0.15, 0.2) is 46.0 Å². The molecule has 29 heavy (non-hydrogen) atoms. The molecule has 0 unspecified atom stereocenters. The van der Waals surface area contributed by atoms with E-state index in [1.54, 1.807) is 7.05 Å². The molecule has 0 fully saturated rings. The molecule has 8 heteroatoms. The van der Waals surface area contributed by atoms with Crippen LogP contribution < -0.4 is 10.6 Å². The van der Waals surface area contributed by atoms with Crippen molar-refractivity contribution in [3.05, 3.63) is 48.2 Å². The van der Waals surface area contributed by atoms with Gasteiger partial charge in [0.05, 0.1) is 0 Å². The number of para-hydroxylation sites is 1. The van der Waals surface area contributed by atoms with E-state index in [4.69, 9.17) is 4.52 Å². The van der Waals surface area contributed by atoms with Gasteiger partial charge in [-0.15, -0.1) is 24.0 Å². The van der Waals surface area contributed by atoms with Crippen molar-refractivity contribution in [3.63, 3.8) is 0 Å². The van der Waals surface area contributed by atoms with Crippen LogP contribution in [0.5, 0.6) is 0 Å². The average molecular weight is 510 g/mol. The summed E-state index contributed by atoms with van der Waals surface area (Å²) in [6.45, 7) is 6.77. The SMILES string of the molecule is CN=C(NCCCc1nc(C(C)C)no1)NCCCn1ccc2ccccc21.I. The summed E-state index contributed by atoms with van der Waals surface area (Å²) >= 11 is 0. The number of guanidine groups is 1. The van der Waals surface area contributed by atoms with E-state index in [9.17, 15) is 0 Å². The molecular formula is C21H31IN6O. The summed E-state index contributed by atoms with van der Waals surface area (Å²) in [5.74, 6) is 2.59. The van der Waals surface area contributed by atoms with E-state index in [0.717, 1.165) is 50.7 Å². The molecule has 0 bridgehead atoms. The summed E-state index contributed by atoms with van der Waals surface area (Å²) < 4.78 is 7.56. The van der Waals surface area contributed by atoms with Gasteiger partial charge in [0.15, 0.2) is 11.8 Å². The normalized spacial score (nSPS) is 11.7. The summed E-state index contributed by atoms with van der Waals surface area (Å²) in [6, 6.07) is 10.6. The second kappa shape index (κ2) is 11.8. The first-order valence-electron chi connectivity index (χ1n) is 9.98. The fourth-order valence-corrected chi connectivity index (χ4v) is 3.06. The average Bonchev–Trinajstić information content (AvgIpc) is 3.34. The first-order valence-corrected chi connectivity index (χ1v) is 9.98. The molecular weight excluding hydrogens is 479 g/mol. The monoisotopic (exact) mass is 510 g/mol. The number of hydrogen-bond donors (Lipinski definition) is 2. The molecule has 0 atom stereocenters. The van der Waals surface area contributed by atoms with Crippen LogP contribution >= 0.6 is 24.0 Å². The van der Waals surface area contributed by atoms with Gasteiger partial charge in [-0.25, -0.2) is 0 Å². The van der Waals surface area contributed by atoms with Crippen LogP contribution in [0.1, 0.15) is 44.3 Å². The van der Waals surface area contributed by atoms with E-state index in [1.807, 2.05) is 0 Å². The number of aryl methyl sites for hydroxylation is 2. The van der Waals surface area contributed by atoms with Crippen molar-refractivity contribution in [2.75, 3.05) is 20.1 Å². The number of benzene rings is 1. The third-order valence-corrected chi connectivity index (χ3v) is 4.63. The van der Waals surface area contributed by atoms with Crippen molar-refractivity contribution in [1.29, 1.82) is 0 Å². The Morgan fingerprint density at radius 3 is 2.62 bits per heavy atom. The van der Waals surface area contributed by atoms with Gasteiger partial charge in [0.1, 0.15) is 0 Å². The first kappa shape index (κ1) is 23.2. The minimum atomic E-state index is 0. The number of nitrogens with one attached hydrogen (secondary N) is 2. The predicted octanol–water partition coefficient (Wildman–Crippen LogP) is 3.95. The highest BCUT2D eigenvalue weighted by atomic mass is 127. The number of hydrogen-bond acceptors (Lipinski definition) is 4. The molecule has 3 aromatic rings. The van der Waals surface area contributed by atoms with Crippen molar-refractivity contribution < 1.29 is 4.52 Å². The highest BCUT2D eigenvalue weighted by molar-refractivity contribution is 14.0. The second-order valence-electron chi connectivity index (χ2n) is 7.15. The van der Waals surface area contributed by atoms with Crippen molar-refractivity contribution in [2.24, 2.45) is 4.99 Å². The molecule has 0 spiro atoms. The van der Waals surface area contributed by atoms with E-state index in [-0.39, 0.29) is 24.0 Å². The molecule has 2 aromatic heterocycles. The summed E-state index contributed by atoms with van der Waals surface area (Å²) in [6.07, 6.45) is 4.86. The summed E-state index contributed by atoms with van der Waals surface area (Å²) in [4.78, 5) is 8.68. The van der Waals surface area contributed by atoms with Crippen molar-refractivity contribution in [1.82, 2.24) is 25.3 Å². The number of aromatic nitrogens is 3. The van der Waals surface area contributed by atoms with Gasteiger partial charge in [-0.05, 0) is 30.4 Å². The Hall–Kier alpha value is -2.10. The smallest absolute Gasteiger partial charge is 0.226 e. The van der Waals surface area contributed by atoms with Gasteiger partial charge in [0.2, 0.25) is 5.89 Å². The third kappa shape index (κ3) is 6.73. The zero-order valence-electron chi connectivity index (χ0n) is 17.4. The molecule has 2 heterocycles. The van der Waals surface area contributed by atoms with Crippen LogP contribution in [0.3, 0.4) is 0 Å². The molecule has 0 amide bonds. The highest BCUT2D eigenvalue weighted by Gasteiger charge is 2.09. The van der Waals surface area contributed by atoms with Gasteiger partial charge in [-0.3, -0.25) is 4.99 Å². The maximum atomic E-state index is 5.27. The molecule has 0 saturated heterocycles. The van der Waals surface area contributed by atoms with Crippen LogP contribution in [0.4, 0.5) is 0 Å². The number of rotatable bonds is 9. The minimum Gasteiger partial charge on any atom is -0.356 e. The third-order valence-electron chi connectivity index (χ3n) is 4.63. The van der Waals surface area contributed by atoms with Crippen LogP contribution in [0.25, 0.3) is 10.9 Å². The van der Waals surface area contributed by atoms with Crippen molar-refractivity contribution in [2.45, 2.75) is 45.6 Å². The number of fused-ring (bicyclic) bond motifs is 1. The molecule has 0 saturated carbocycles. The van der Waals surface area contributed by atoms with E-state index >= 15 is 0 Å². The minimum absolute atomic E-state index is 0. The van der Waals surface area contributed by atoms with Gasteiger partial charge >= 0.3 is 0 Å². The molecule has 3 rings (SSSR count). The maximum Gasteiger partial charge on any atom is 0.226 e. The van der Waals surface area contributed by atoms with E-state index < -0.39 is 0 Å². The Morgan fingerprint density at radius 2 is 1.90 bits per heavy atom. The Bertz CT molecular complexity index is 901. The maximum absolute atomic E-state index is 5.27. The molecule has 7 nitrogen and oxygen atoms in total. The van der Waals surface area contributed by atoms with Crippen LogP contribution in [-0.4, -0.2) is 40.8 Å². The Balaban J connectivity index is 0.00000300. The number of nitrogens with zero attached hydrogens (tertiary/aromatic N) is 4. The fraction of sp³-hybridized carbons (Fsp3) is 0.476. The quantitative estimate of drug-likeness (QED) is 0.197. The Kier molecular flexibility index (Phi) is 9.43. The van der Waals surface area contributed by atoms with Gasteiger partial charge < -0.3 is 19.7 Å². The van der Waals surface area contributed by atoms with E-state index in [0.29, 0.717) is 11.8 Å². The summed E-state index contributed by atoms with van der Waals surface area (Å²) in [5.41, 5.74) is 1.28. The molecule has 2 N–H and O–H groups in total. The largest absolute Gasteiger partial charge is 0.356 e. The first-order chi connectivity index (χ1) is 13.7. The molecule has 0 radical (unpaired) electrons. The van der Waals surface area contributed by atoms with Gasteiger partial charge in [-0.2, -0.15) is 4.98 Å². The molecule has 0 aliphatic heterocycles. The summed E-state index contributed by atoms with van der Waals surface area (Å²) in [7, 11) is 1.79. The summed E-state index contributed by atoms with van der Waals surface area (Å²) in [5, 5.41) is 12.0. The van der Waals surface area contributed by atoms with E-state index in [1.165, 1.54) is 10.9 Å². The van der Waals surface area contributed by atoms with Gasteiger partial charge in [0, 0.05) is 50.7 Å². The topological polar surface area (TPSA) is 80.3 Å². The van der Waals surface area contributed by atoms with Crippen molar-refractivity contribution in [3.8, 4) is 0 Å². The molecule has 0 aliphatic carbocycles. The zero-order chi connectivity index (χ0) is 19.8. The lowest BCUT2D eigenvalue weighted by atomic mass is 10.2. The van der Waals surface area contributed by atoms with E-state index in [2.05, 4.69) is 80.7 Å². The Morgan fingerprint density at radius 1 is 1.14 bits per heavy atom. The fourth-order valence-electron chi connectivity index (χ4n) is 3.06. The van der Waals surface area contributed by atoms with Crippen LogP contribution in [-0.2, 0) is 13.0 Å². The second-order valence-corrected chi connectivity index (χ2v) is 7.15. The predicted molar refractivity (Wildman–Crippen MR) is 128 cm³/mol. The zero-order valence-corrected chi connectivity index (χ0v) is 19.7. The molecule has 0 aliphatic rings. The lowest BCUT2D eigenvalue weighted by Gasteiger charge is -2.12. The van der Waals surface area contributed by atoms with Gasteiger partial charge in [0.25, 0.3) is 0 Å². The van der Waals surface area contributed by atoms with Crippen LogP contribution in [0.2, 0.25) is 0 Å². The Labute approximate surface area is 189 Å². The molecule has 1 aromatic carbocycles. The highest BCUT2D eigenvalue weighted by Crippen LogP contribution is 2.15.